The van der Waals surface area contributed by atoms with E-state index < -0.39 is 15.9 Å². The Bertz CT molecular complexity index is 1560. The predicted octanol–water partition coefficient (Wildman–Crippen LogP) is 4.23. The van der Waals surface area contributed by atoms with Crippen molar-refractivity contribution in [3.8, 4) is 11.7 Å². The number of hydrogen-bond donors (Lipinski definition) is 1. The lowest BCUT2D eigenvalue weighted by Crippen LogP contribution is -2.41. The van der Waals surface area contributed by atoms with E-state index in [0.29, 0.717) is 41.5 Å². The summed E-state index contributed by atoms with van der Waals surface area (Å²) in [4.78, 5) is 20.6. The minimum absolute atomic E-state index is 0.0733. The van der Waals surface area contributed by atoms with Crippen LogP contribution in [-0.2, 0) is 17.1 Å². The molecular weight excluding hydrogens is 528 g/mol. The second-order valence-electron chi connectivity index (χ2n) is 12.6. The Kier molecular flexibility index (Phi) is 6.47. The summed E-state index contributed by atoms with van der Waals surface area (Å²) in [7, 11) is -2.33. The summed E-state index contributed by atoms with van der Waals surface area (Å²) in [5, 5.41) is 4.65. The first-order chi connectivity index (χ1) is 18.9. The van der Waals surface area contributed by atoms with Gasteiger partial charge in [-0.2, -0.15) is 0 Å². The maximum absolute atomic E-state index is 13.5. The Hall–Kier alpha value is -3.34. The predicted molar refractivity (Wildman–Crippen MR) is 151 cm³/mol. The zero-order valence-corrected chi connectivity index (χ0v) is 24.6. The van der Waals surface area contributed by atoms with Crippen LogP contribution >= 0.6 is 0 Å². The highest BCUT2D eigenvalue weighted by molar-refractivity contribution is 7.90. The second-order valence-corrected chi connectivity index (χ2v) is 14.3. The number of rotatable bonds is 7. The van der Waals surface area contributed by atoms with Crippen LogP contribution in [-0.4, -0.2) is 51.8 Å². The molecule has 1 N–H and O–H groups in total. The van der Waals surface area contributed by atoms with Gasteiger partial charge in [0.1, 0.15) is 16.8 Å². The number of hydrogen-bond acceptors (Lipinski definition) is 7. The summed E-state index contributed by atoms with van der Waals surface area (Å²) < 4.78 is 38.1. The number of anilines is 1. The van der Waals surface area contributed by atoms with Crippen molar-refractivity contribution >= 4 is 21.7 Å². The van der Waals surface area contributed by atoms with E-state index in [-0.39, 0.29) is 22.1 Å². The Labute approximate surface area is 235 Å². The molecule has 6 rings (SSSR count). The van der Waals surface area contributed by atoms with E-state index in [1.807, 2.05) is 12.3 Å². The number of ether oxygens (including phenoxy) is 1. The van der Waals surface area contributed by atoms with Crippen molar-refractivity contribution in [2.75, 3.05) is 11.4 Å². The fourth-order valence-electron chi connectivity index (χ4n) is 7.10. The molecule has 0 aromatic carbocycles. The monoisotopic (exact) mass is 566 g/mol. The van der Waals surface area contributed by atoms with Crippen molar-refractivity contribution in [1.82, 2.24) is 24.1 Å². The molecule has 3 aromatic heterocycles. The Morgan fingerprint density at radius 1 is 1.15 bits per heavy atom. The van der Waals surface area contributed by atoms with Gasteiger partial charge in [0.05, 0.1) is 5.56 Å². The molecule has 3 aromatic rings. The minimum Gasteiger partial charge on any atom is -0.473 e. The molecule has 1 aliphatic heterocycles. The summed E-state index contributed by atoms with van der Waals surface area (Å²) in [6, 6.07) is 5.18. The van der Waals surface area contributed by atoms with Crippen molar-refractivity contribution in [1.29, 1.82) is 0 Å². The van der Waals surface area contributed by atoms with E-state index in [0.717, 1.165) is 18.8 Å². The molecule has 40 heavy (non-hydrogen) atoms. The third-order valence-electron chi connectivity index (χ3n) is 8.80. The fourth-order valence-corrected chi connectivity index (χ4v) is 8.34. The molecule has 3 aliphatic rings. The van der Waals surface area contributed by atoms with E-state index in [1.54, 1.807) is 41.5 Å². The summed E-state index contributed by atoms with van der Waals surface area (Å²) in [5.74, 6) is 2.62. The van der Waals surface area contributed by atoms with E-state index >= 15 is 0 Å². The number of nitrogens with one attached hydrogen (secondary N) is 1. The van der Waals surface area contributed by atoms with Gasteiger partial charge in [-0.3, -0.25) is 4.79 Å². The molecule has 1 amide bonds. The molecule has 2 aliphatic carbocycles. The number of carbonyl (C=O) groups excluding carboxylic acids is 1. The van der Waals surface area contributed by atoms with Gasteiger partial charge in [-0.25, -0.2) is 22.8 Å². The highest BCUT2D eigenvalue weighted by Crippen LogP contribution is 2.46. The molecule has 2 bridgehead atoms. The van der Waals surface area contributed by atoms with Gasteiger partial charge in [-0.1, -0.05) is 6.92 Å². The van der Waals surface area contributed by atoms with Gasteiger partial charge in [-0.05, 0) is 88.3 Å². The molecule has 2 saturated carbocycles. The van der Waals surface area contributed by atoms with E-state index in [2.05, 4.69) is 35.5 Å². The number of amides is 1. The number of pyridine rings is 1. The quantitative estimate of drug-likeness (QED) is 0.456. The molecule has 4 heterocycles. The molecule has 0 spiro atoms. The minimum atomic E-state index is -4.07. The van der Waals surface area contributed by atoms with Crippen molar-refractivity contribution in [3.05, 3.63) is 47.9 Å². The van der Waals surface area contributed by atoms with Gasteiger partial charge < -0.3 is 14.2 Å². The van der Waals surface area contributed by atoms with Crippen LogP contribution in [0.25, 0.3) is 5.82 Å². The summed E-state index contributed by atoms with van der Waals surface area (Å²) in [6.07, 6.45) is 11.0. The second kappa shape index (κ2) is 9.64. The van der Waals surface area contributed by atoms with Crippen molar-refractivity contribution in [2.45, 2.75) is 76.3 Å². The van der Waals surface area contributed by atoms with Crippen LogP contribution in [0.1, 0.15) is 68.8 Å². The zero-order chi connectivity index (χ0) is 28.4. The van der Waals surface area contributed by atoms with Gasteiger partial charge in [-0.15, -0.1) is 5.10 Å². The molecule has 1 saturated heterocycles. The van der Waals surface area contributed by atoms with Gasteiger partial charge in [0.2, 0.25) is 5.88 Å². The summed E-state index contributed by atoms with van der Waals surface area (Å²) >= 11 is 0. The molecule has 0 unspecified atom stereocenters. The maximum Gasteiger partial charge on any atom is 0.268 e. The van der Waals surface area contributed by atoms with Gasteiger partial charge in [0.25, 0.3) is 15.9 Å². The Morgan fingerprint density at radius 2 is 1.95 bits per heavy atom. The number of aryl methyl sites for hydroxylation is 2. The number of sulfonamides is 1. The highest BCUT2D eigenvalue weighted by atomic mass is 32.2. The van der Waals surface area contributed by atoms with Crippen LogP contribution in [0.5, 0.6) is 5.88 Å². The number of nitrogens with zero attached hydrogens (tertiary/aromatic N) is 5. The number of fused-ring (bicyclic) bond motifs is 2. The SMILES string of the molecule is Cc1cn(C)cc1S(=O)(=O)NC(=O)c1ccc(-n2ccc(O[C@H]3C[C@H]4CC[C@@H]3C4)n2)nc1N1C[C@@H](C)CC1(C)C. The highest BCUT2D eigenvalue weighted by Gasteiger charge is 2.42. The van der Waals surface area contributed by atoms with Crippen LogP contribution in [0.2, 0.25) is 0 Å². The standard InChI is InChI=1S/C29H38N6O4S/c1-18-14-29(3,4)34(15-18)27-22(28(36)32-40(37,38)24-17-33(5)16-19(24)2)8-9-25(30-27)35-11-10-26(31-35)39-23-13-20-6-7-21(23)12-20/h8-11,16-18,20-21,23H,6-7,12-15H2,1-5H3,(H,32,36)/t18-,20-,21+,23-/m0/s1. The lowest BCUT2D eigenvalue weighted by Gasteiger charge is -2.34. The average Bonchev–Trinajstić information content (AvgIpc) is 3.69. The third kappa shape index (κ3) is 4.88. The van der Waals surface area contributed by atoms with Crippen LogP contribution in [0.4, 0.5) is 5.82 Å². The molecule has 10 nitrogen and oxygen atoms in total. The zero-order valence-electron chi connectivity index (χ0n) is 23.8. The topological polar surface area (TPSA) is 111 Å². The van der Waals surface area contributed by atoms with Gasteiger partial charge in [0.15, 0.2) is 5.82 Å². The molecule has 4 atom stereocenters. The number of carbonyl (C=O) groups is 1. The Morgan fingerprint density at radius 3 is 2.58 bits per heavy atom. The summed E-state index contributed by atoms with van der Waals surface area (Å²) in [6.45, 7) is 8.80. The van der Waals surface area contributed by atoms with Gasteiger partial charge in [0, 0.05) is 43.8 Å². The normalized spacial score (nSPS) is 25.5. The average molecular weight is 567 g/mol. The van der Waals surface area contributed by atoms with Crippen molar-refractivity contribution in [3.63, 3.8) is 0 Å². The molecule has 214 valence electrons. The fraction of sp³-hybridized carbons (Fsp3) is 0.552. The maximum atomic E-state index is 13.5. The first-order valence-corrected chi connectivity index (χ1v) is 15.6. The smallest absolute Gasteiger partial charge is 0.268 e. The van der Waals surface area contributed by atoms with Crippen LogP contribution in [0.15, 0.2) is 41.7 Å². The van der Waals surface area contributed by atoms with Crippen LogP contribution in [0.3, 0.4) is 0 Å². The Balaban J connectivity index is 1.31. The lowest BCUT2D eigenvalue weighted by atomic mass is 9.97. The van der Waals surface area contributed by atoms with Gasteiger partial charge >= 0.3 is 0 Å². The van der Waals surface area contributed by atoms with Crippen molar-refractivity contribution < 1.29 is 17.9 Å². The van der Waals surface area contributed by atoms with E-state index in [1.165, 1.54) is 25.5 Å². The molecule has 3 fully saturated rings. The molecular formula is C29H38N6O4S. The molecule has 0 radical (unpaired) electrons. The van der Waals surface area contributed by atoms with E-state index in [9.17, 15) is 13.2 Å². The first-order valence-electron chi connectivity index (χ1n) is 14.1. The number of aromatic nitrogens is 4. The summed E-state index contributed by atoms with van der Waals surface area (Å²) in [5.41, 5.74) is 0.497. The van der Waals surface area contributed by atoms with Crippen molar-refractivity contribution in [2.24, 2.45) is 24.8 Å². The molecule has 11 heteroatoms. The first kappa shape index (κ1) is 26.9. The largest absolute Gasteiger partial charge is 0.473 e. The van der Waals surface area contributed by atoms with Crippen LogP contribution in [0, 0.1) is 24.7 Å². The lowest BCUT2D eigenvalue weighted by molar-refractivity contribution is 0.0981. The van der Waals surface area contributed by atoms with E-state index in [4.69, 9.17) is 9.72 Å². The third-order valence-corrected chi connectivity index (χ3v) is 10.3. The van der Waals surface area contributed by atoms with Crippen LogP contribution < -0.4 is 14.4 Å².